The van der Waals surface area contributed by atoms with Crippen LogP contribution in [0.2, 0.25) is 0 Å². The second kappa shape index (κ2) is 10.8. The number of hydrogen-bond donors (Lipinski definition) is 1. The molecule has 0 aliphatic carbocycles. The largest absolute Gasteiger partial charge is 0.593 e. The fourth-order valence-electron chi connectivity index (χ4n) is 3.84. The number of benzene rings is 1. The molecular formula is C23H20BrF4N5O2S. The number of nitrogens with one attached hydrogen (secondary N) is 1. The Morgan fingerprint density at radius 1 is 1.17 bits per heavy atom. The first-order chi connectivity index (χ1) is 17.0. The molecule has 2 aromatic heterocycles. The van der Waals surface area contributed by atoms with Crippen LogP contribution in [0.4, 0.5) is 17.6 Å². The van der Waals surface area contributed by atoms with E-state index in [-0.39, 0.29) is 24.1 Å². The molecule has 0 radical (unpaired) electrons. The van der Waals surface area contributed by atoms with Crippen molar-refractivity contribution in [1.29, 1.82) is 0 Å². The average molecular weight is 586 g/mol. The molecule has 1 aromatic carbocycles. The molecule has 3 aromatic rings. The minimum absolute atomic E-state index is 0.0956. The van der Waals surface area contributed by atoms with Crippen molar-refractivity contribution in [2.45, 2.75) is 49.5 Å². The van der Waals surface area contributed by atoms with Crippen molar-refractivity contribution in [2.75, 3.05) is 0 Å². The van der Waals surface area contributed by atoms with Gasteiger partial charge >= 0.3 is 6.18 Å². The topological polar surface area (TPSA) is 94.1 Å². The first-order valence-corrected chi connectivity index (χ1v) is 12.7. The Labute approximate surface area is 215 Å². The highest BCUT2D eigenvalue weighted by Gasteiger charge is 2.44. The normalized spacial score (nSPS) is 19.3. The van der Waals surface area contributed by atoms with Crippen molar-refractivity contribution in [3.05, 3.63) is 70.6 Å². The third kappa shape index (κ3) is 5.85. The van der Waals surface area contributed by atoms with Gasteiger partial charge in [-0.25, -0.2) is 14.4 Å². The van der Waals surface area contributed by atoms with Crippen molar-refractivity contribution in [3.63, 3.8) is 0 Å². The molecule has 1 fully saturated rings. The fourth-order valence-corrected chi connectivity index (χ4v) is 5.67. The number of carbonyl (C=O) groups is 1. The van der Waals surface area contributed by atoms with Gasteiger partial charge < -0.3 is 9.87 Å². The maximum absolute atomic E-state index is 13.3. The molecule has 1 aliphatic rings. The fraction of sp³-hybridized carbons (Fsp3) is 0.304. The highest BCUT2D eigenvalue weighted by Crippen LogP contribution is 2.32. The molecule has 1 saturated heterocycles. The third-order valence-electron chi connectivity index (χ3n) is 5.70. The maximum atomic E-state index is 13.3. The molecule has 190 valence electrons. The molecule has 3 unspecified atom stereocenters. The van der Waals surface area contributed by atoms with Crippen LogP contribution in [0.1, 0.15) is 31.2 Å². The van der Waals surface area contributed by atoms with E-state index in [9.17, 15) is 26.9 Å². The van der Waals surface area contributed by atoms with Gasteiger partial charge in [-0.2, -0.15) is 13.2 Å². The van der Waals surface area contributed by atoms with E-state index < -0.39 is 35.2 Å². The van der Waals surface area contributed by atoms with Gasteiger partial charge in [0.15, 0.2) is 4.90 Å². The molecule has 1 aliphatic heterocycles. The van der Waals surface area contributed by atoms with Gasteiger partial charge in [-0.3, -0.25) is 9.78 Å². The summed E-state index contributed by atoms with van der Waals surface area (Å²) in [4.78, 5) is 24.4. The van der Waals surface area contributed by atoms with Crippen LogP contribution < -0.4 is 5.32 Å². The number of halogens is 5. The summed E-state index contributed by atoms with van der Waals surface area (Å²) in [5.74, 6) is -2.01. The monoisotopic (exact) mass is 585 g/mol. The highest BCUT2D eigenvalue weighted by atomic mass is 79.9. The SMILES string of the molecule is CC1CCC(C(=O)NCc2cc(-c3cnc(C(F)(F)F)nc3)ncc2Br)N1[S+]([O-])c1ccc(F)cc1. The number of carbonyl (C=O) groups excluding carboxylic acids is 1. The van der Waals surface area contributed by atoms with E-state index in [1.165, 1.54) is 30.5 Å². The lowest BCUT2D eigenvalue weighted by atomic mass is 10.1. The predicted octanol–water partition coefficient (Wildman–Crippen LogP) is 4.65. The quantitative estimate of drug-likeness (QED) is 0.334. The molecule has 1 amide bonds. The van der Waals surface area contributed by atoms with Crippen LogP contribution in [0.5, 0.6) is 0 Å². The molecule has 3 heterocycles. The van der Waals surface area contributed by atoms with E-state index in [0.717, 1.165) is 12.4 Å². The number of aromatic nitrogens is 3. The van der Waals surface area contributed by atoms with Crippen molar-refractivity contribution in [3.8, 4) is 11.3 Å². The lowest BCUT2D eigenvalue weighted by Crippen LogP contribution is -2.48. The second-order valence-electron chi connectivity index (χ2n) is 8.18. The minimum Gasteiger partial charge on any atom is -0.593 e. The Morgan fingerprint density at radius 3 is 2.47 bits per heavy atom. The summed E-state index contributed by atoms with van der Waals surface area (Å²) in [6.45, 7) is 1.98. The van der Waals surface area contributed by atoms with Gasteiger partial charge in [-0.15, -0.1) is 4.31 Å². The molecule has 0 spiro atoms. The minimum atomic E-state index is -4.65. The lowest BCUT2D eigenvalue weighted by Gasteiger charge is -2.28. The summed E-state index contributed by atoms with van der Waals surface area (Å²) < 4.78 is 66.8. The zero-order chi connectivity index (χ0) is 26.0. The van der Waals surface area contributed by atoms with Crippen LogP contribution in [0.25, 0.3) is 11.3 Å². The number of amides is 1. The van der Waals surface area contributed by atoms with Crippen LogP contribution >= 0.6 is 15.9 Å². The van der Waals surface area contributed by atoms with Gasteiger partial charge in [0.25, 0.3) is 0 Å². The standard InChI is InChI=1S/C23H20BrF4N5O2S/c1-13-2-7-20(33(13)36(35)17-5-3-16(25)4-6-17)21(34)30-9-14-8-19(29-12-18(14)24)15-10-31-22(32-11-15)23(26,27)28/h3-6,8,10-13,20H,2,7,9H2,1H3,(H,30,34). The van der Waals surface area contributed by atoms with Crippen LogP contribution in [-0.2, 0) is 28.9 Å². The summed E-state index contributed by atoms with van der Waals surface area (Å²) in [6.07, 6.45) is 0.0801. The molecular weight excluding hydrogens is 566 g/mol. The Balaban J connectivity index is 1.46. The molecule has 0 bridgehead atoms. The highest BCUT2D eigenvalue weighted by molar-refractivity contribution is 9.10. The Morgan fingerprint density at radius 2 is 1.83 bits per heavy atom. The molecule has 36 heavy (non-hydrogen) atoms. The van der Waals surface area contributed by atoms with Gasteiger partial charge in [0, 0.05) is 35.2 Å². The van der Waals surface area contributed by atoms with E-state index in [2.05, 4.69) is 36.2 Å². The van der Waals surface area contributed by atoms with Gasteiger partial charge in [0.1, 0.15) is 11.9 Å². The average Bonchev–Trinajstić information content (AvgIpc) is 3.24. The maximum Gasteiger partial charge on any atom is 0.451 e. The summed E-state index contributed by atoms with van der Waals surface area (Å²) in [5, 5.41) is 2.84. The van der Waals surface area contributed by atoms with Crippen LogP contribution in [-0.4, -0.2) is 41.8 Å². The Kier molecular flexibility index (Phi) is 7.93. The molecule has 7 nitrogen and oxygen atoms in total. The summed E-state index contributed by atoms with van der Waals surface area (Å²) >= 11 is 1.73. The van der Waals surface area contributed by atoms with E-state index >= 15 is 0 Å². The smallest absolute Gasteiger partial charge is 0.451 e. The molecule has 13 heteroatoms. The first-order valence-electron chi connectivity index (χ1n) is 10.8. The van der Waals surface area contributed by atoms with Gasteiger partial charge in [0.2, 0.25) is 11.7 Å². The van der Waals surface area contributed by atoms with Crippen LogP contribution in [0, 0.1) is 5.82 Å². The Hall–Kier alpha value is -2.61. The zero-order valence-electron chi connectivity index (χ0n) is 18.8. The van der Waals surface area contributed by atoms with Crippen molar-refractivity contribution in [2.24, 2.45) is 0 Å². The van der Waals surface area contributed by atoms with E-state index in [0.29, 0.717) is 33.5 Å². The van der Waals surface area contributed by atoms with Crippen molar-refractivity contribution >= 4 is 33.2 Å². The number of pyridine rings is 1. The number of alkyl halides is 3. The first kappa shape index (κ1) is 26.5. The van der Waals surface area contributed by atoms with Gasteiger partial charge in [0.05, 0.1) is 23.1 Å². The number of nitrogens with zero attached hydrogens (tertiary/aromatic N) is 4. The lowest BCUT2D eigenvalue weighted by molar-refractivity contribution is -0.145. The van der Waals surface area contributed by atoms with Crippen molar-refractivity contribution in [1.82, 2.24) is 24.6 Å². The van der Waals surface area contributed by atoms with E-state index in [1.54, 1.807) is 10.4 Å². The number of rotatable bonds is 6. The van der Waals surface area contributed by atoms with E-state index in [1.807, 2.05) is 6.92 Å². The Bertz CT molecular complexity index is 1230. The summed E-state index contributed by atoms with van der Waals surface area (Å²) in [6, 6.07) is 6.17. The zero-order valence-corrected chi connectivity index (χ0v) is 21.2. The second-order valence-corrected chi connectivity index (χ2v) is 10.4. The van der Waals surface area contributed by atoms with E-state index in [4.69, 9.17) is 0 Å². The molecule has 0 saturated carbocycles. The van der Waals surface area contributed by atoms with Crippen LogP contribution in [0.3, 0.4) is 0 Å². The summed E-state index contributed by atoms with van der Waals surface area (Å²) in [5.41, 5.74) is 1.25. The number of hydrogen-bond acceptors (Lipinski definition) is 6. The van der Waals surface area contributed by atoms with Gasteiger partial charge in [-0.05, 0) is 71.6 Å². The summed E-state index contributed by atoms with van der Waals surface area (Å²) in [7, 11) is 0. The van der Waals surface area contributed by atoms with Crippen molar-refractivity contribution < 1.29 is 26.9 Å². The third-order valence-corrected chi connectivity index (χ3v) is 8.08. The molecule has 3 atom stereocenters. The van der Waals surface area contributed by atoms with Gasteiger partial charge in [-0.1, -0.05) is 0 Å². The predicted molar refractivity (Wildman–Crippen MR) is 127 cm³/mol. The van der Waals surface area contributed by atoms with Crippen LogP contribution in [0.15, 0.2) is 58.3 Å². The molecule has 4 rings (SSSR count). The molecule has 1 N–H and O–H groups in total.